The lowest BCUT2D eigenvalue weighted by molar-refractivity contribution is -0.143. The summed E-state index contributed by atoms with van der Waals surface area (Å²) in [4.78, 5) is 13.6. The van der Waals surface area contributed by atoms with Crippen molar-refractivity contribution in [3.05, 3.63) is 34.1 Å². The van der Waals surface area contributed by atoms with Crippen molar-refractivity contribution in [3.63, 3.8) is 0 Å². The van der Waals surface area contributed by atoms with Crippen LogP contribution in [0.1, 0.15) is 24.8 Å². The predicted octanol–water partition coefficient (Wildman–Crippen LogP) is 3.27. The molecule has 3 unspecified atom stereocenters. The molecular weight excluding hydrogens is 325 g/mol. The zero-order valence-corrected chi connectivity index (χ0v) is 12.6. The number of carboxylic acids is 1. The fourth-order valence-electron chi connectivity index (χ4n) is 3.77. The van der Waals surface area contributed by atoms with Crippen molar-refractivity contribution in [1.82, 2.24) is 4.90 Å². The Morgan fingerprint density at radius 1 is 1.45 bits per heavy atom. The van der Waals surface area contributed by atoms with Gasteiger partial charge in [-0.3, -0.25) is 9.69 Å². The van der Waals surface area contributed by atoms with Gasteiger partial charge in [-0.2, -0.15) is 0 Å². The molecule has 0 aromatic heterocycles. The summed E-state index contributed by atoms with van der Waals surface area (Å²) < 4.78 is 13.7. The Labute approximate surface area is 125 Å². The first-order chi connectivity index (χ1) is 9.56. The lowest BCUT2D eigenvalue weighted by Gasteiger charge is -2.24. The van der Waals surface area contributed by atoms with Gasteiger partial charge in [0.15, 0.2) is 0 Å². The number of nitrogens with zero attached hydrogens (tertiary/aromatic N) is 1. The highest BCUT2D eigenvalue weighted by atomic mass is 79.9. The molecular formula is C15H17BrFNO2. The van der Waals surface area contributed by atoms with Crippen molar-refractivity contribution in [3.8, 4) is 0 Å². The maximum absolute atomic E-state index is 13.3. The zero-order valence-electron chi connectivity index (χ0n) is 11.1. The van der Waals surface area contributed by atoms with E-state index in [2.05, 4.69) is 15.9 Å². The van der Waals surface area contributed by atoms with Crippen molar-refractivity contribution in [1.29, 1.82) is 0 Å². The van der Waals surface area contributed by atoms with Gasteiger partial charge in [-0.1, -0.05) is 12.5 Å². The van der Waals surface area contributed by atoms with Crippen LogP contribution in [-0.2, 0) is 11.3 Å². The summed E-state index contributed by atoms with van der Waals surface area (Å²) in [7, 11) is 0. The minimum Gasteiger partial charge on any atom is -0.480 e. The van der Waals surface area contributed by atoms with E-state index < -0.39 is 5.97 Å². The van der Waals surface area contributed by atoms with Gasteiger partial charge >= 0.3 is 5.97 Å². The lowest BCUT2D eigenvalue weighted by Crippen LogP contribution is -2.39. The van der Waals surface area contributed by atoms with Crippen molar-refractivity contribution >= 4 is 21.9 Å². The van der Waals surface area contributed by atoms with Crippen LogP contribution < -0.4 is 0 Å². The molecule has 1 saturated heterocycles. The quantitative estimate of drug-likeness (QED) is 0.917. The van der Waals surface area contributed by atoms with Crippen LogP contribution in [-0.4, -0.2) is 28.6 Å². The third-order valence-corrected chi connectivity index (χ3v) is 5.22. The standard InChI is InChI=1S/C15H17BrFNO2/c16-12-6-9(4-5-13(12)17)7-18-8-10-2-1-3-11(10)14(18)15(19)20/h4-6,10-11,14H,1-3,7-8H2,(H,19,20). The van der Waals surface area contributed by atoms with Gasteiger partial charge in [0.05, 0.1) is 4.47 Å². The Balaban J connectivity index is 1.79. The number of halogens is 2. The van der Waals surface area contributed by atoms with Gasteiger partial charge < -0.3 is 5.11 Å². The van der Waals surface area contributed by atoms with Gasteiger partial charge in [0.25, 0.3) is 0 Å². The van der Waals surface area contributed by atoms with E-state index in [1.165, 1.54) is 6.07 Å². The van der Waals surface area contributed by atoms with Crippen LogP contribution in [0.4, 0.5) is 4.39 Å². The average Bonchev–Trinajstić information content (AvgIpc) is 2.93. The first kappa shape index (κ1) is 14.0. The zero-order chi connectivity index (χ0) is 14.3. The normalized spacial score (nSPS) is 29.6. The fourth-order valence-corrected chi connectivity index (χ4v) is 4.19. The molecule has 1 aliphatic heterocycles. The molecule has 1 aromatic rings. The molecule has 5 heteroatoms. The summed E-state index contributed by atoms with van der Waals surface area (Å²) in [6.45, 7) is 1.42. The number of fused-ring (bicyclic) bond motifs is 1. The van der Waals surface area contributed by atoms with Crippen LogP contribution in [0.25, 0.3) is 0 Å². The van der Waals surface area contributed by atoms with Gasteiger partial charge in [-0.15, -0.1) is 0 Å². The molecule has 1 aliphatic carbocycles. The molecule has 1 aromatic carbocycles. The van der Waals surface area contributed by atoms with Crippen LogP contribution in [0.5, 0.6) is 0 Å². The molecule has 1 N–H and O–H groups in total. The van der Waals surface area contributed by atoms with E-state index in [0.29, 0.717) is 16.9 Å². The van der Waals surface area contributed by atoms with E-state index in [1.54, 1.807) is 12.1 Å². The summed E-state index contributed by atoms with van der Waals surface area (Å²) in [6, 6.07) is 4.51. The first-order valence-corrected chi connectivity index (χ1v) is 7.76. The Hall–Kier alpha value is -0.940. The molecule has 0 spiro atoms. The number of hydrogen-bond acceptors (Lipinski definition) is 2. The molecule has 20 heavy (non-hydrogen) atoms. The topological polar surface area (TPSA) is 40.5 Å². The van der Waals surface area contributed by atoms with Gasteiger partial charge in [-0.05, 0) is 58.3 Å². The second kappa shape index (κ2) is 5.45. The maximum atomic E-state index is 13.3. The van der Waals surface area contributed by atoms with Crippen LogP contribution >= 0.6 is 15.9 Å². The van der Waals surface area contributed by atoms with E-state index in [-0.39, 0.29) is 17.8 Å². The summed E-state index contributed by atoms with van der Waals surface area (Å²) in [5, 5.41) is 9.50. The number of hydrogen-bond donors (Lipinski definition) is 1. The van der Waals surface area contributed by atoms with Crippen molar-refractivity contribution in [2.75, 3.05) is 6.54 Å². The van der Waals surface area contributed by atoms with Crippen LogP contribution in [0.2, 0.25) is 0 Å². The molecule has 1 heterocycles. The van der Waals surface area contributed by atoms with E-state index in [4.69, 9.17) is 0 Å². The predicted molar refractivity (Wildman–Crippen MR) is 76.8 cm³/mol. The fraction of sp³-hybridized carbons (Fsp3) is 0.533. The number of benzene rings is 1. The molecule has 108 valence electrons. The van der Waals surface area contributed by atoms with Crippen molar-refractivity contribution < 1.29 is 14.3 Å². The van der Waals surface area contributed by atoms with Gasteiger partial charge in [0.2, 0.25) is 0 Å². The molecule has 3 nitrogen and oxygen atoms in total. The largest absolute Gasteiger partial charge is 0.480 e. The lowest BCUT2D eigenvalue weighted by atomic mass is 9.94. The maximum Gasteiger partial charge on any atom is 0.321 e. The monoisotopic (exact) mass is 341 g/mol. The molecule has 2 fully saturated rings. The third kappa shape index (κ3) is 2.49. The van der Waals surface area contributed by atoms with Crippen molar-refractivity contribution in [2.24, 2.45) is 11.8 Å². The van der Waals surface area contributed by atoms with Crippen LogP contribution in [0.3, 0.4) is 0 Å². The Morgan fingerprint density at radius 3 is 2.95 bits per heavy atom. The molecule has 1 saturated carbocycles. The van der Waals surface area contributed by atoms with Crippen molar-refractivity contribution in [2.45, 2.75) is 31.8 Å². The number of carbonyl (C=O) groups is 1. The van der Waals surface area contributed by atoms with E-state index in [1.807, 2.05) is 4.90 Å². The second-order valence-electron chi connectivity index (χ2n) is 5.82. The highest BCUT2D eigenvalue weighted by Crippen LogP contribution is 2.42. The summed E-state index contributed by atoms with van der Waals surface area (Å²) in [6.07, 6.45) is 3.30. The van der Waals surface area contributed by atoms with Gasteiger partial charge in [0.1, 0.15) is 11.9 Å². The van der Waals surface area contributed by atoms with Gasteiger partial charge in [0, 0.05) is 13.1 Å². The molecule has 3 atom stereocenters. The summed E-state index contributed by atoms with van der Waals surface area (Å²) >= 11 is 3.18. The molecule has 0 amide bonds. The number of rotatable bonds is 3. The van der Waals surface area contributed by atoms with Crippen LogP contribution in [0.15, 0.2) is 22.7 Å². The molecule has 2 aliphatic rings. The van der Waals surface area contributed by atoms with E-state index in [0.717, 1.165) is 31.4 Å². The Kier molecular flexibility index (Phi) is 3.82. The first-order valence-electron chi connectivity index (χ1n) is 6.97. The SMILES string of the molecule is O=C(O)C1C2CCCC2CN1Cc1ccc(F)c(Br)c1. The molecule has 0 radical (unpaired) electrons. The highest BCUT2D eigenvalue weighted by Gasteiger charge is 2.47. The minimum atomic E-state index is -0.722. The Morgan fingerprint density at radius 2 is 2.25 bits per heavy atom. The molecule has 3 rings (SSSR count). The van der Waals surface area contributed by atoms with Gasteiger partial charge in [-0.25, -0.2) is 4.39 Å². The average molecular weight is 342 g/mol. The molecule has 0 bridgehead atoms. The number of aliphatic carboxylic acids is 1. The highest BCUT2D eigenvalue weighted by molar-refractivity contribution is 9.10. The number of likely N-dealkylation sites (tertiary alicyclic amines) is 1. The Bertz CT molecular complexity index is 537. The minimum absolute atomic E-state index is 0.288. The van der Waals surface area contributed by atoms with E-state index >= 15 is 0 Å². The van der Waals surface area contributed by atoms with Crippen LogP contribution in [0, 0.1) is 17.7 Å². The summed E-state index contributed by atoms with van der Waals surface area (Å²) in [5.41, 5.74) is 0.949. The second-order valence-corrected chi connectivity index (χ2v) is 6.67. The smallest absolute Gasteiger partial charge is 0.321 e. The number of carboxylic acid groups (broad SMARTS) is 1. The third-order valence-electron chi connectivity index (χ3n) is 4.61. The summed E-state index contributed by atoms with van der Waals surface area (Å²) in [5.74, 6) is -0.209. The van der Waals surface area contributed by atoms with E-state index in [9.17, 15) is 14.3 Å².